The lowest BCUT2D eigenvalue weighted by atomic mass is 9.68. The van der Waals surface area contributed by atoms with Gasteiger partial charge in [-0.15, -0.1) is 0 Å². The molecule has 0 aromatic heterocycles. The molecular formula is C15H28N2O. The molecule has 0 aliphatic heterocycles. The Bertz CT molecular complexity index is 335. The Morgan fingerprint density at radius 1 is 1.44 bits per heavy atom. The van der Waals surface area contributed by atoms with Crippen LogP contribution < -0.4 is 11.1 Å². The number of nitrogens with two attached hydrogens (primary N) is 1. The zero-order chi connectivity index (χ0) is 13.6. The van der Waals surface area contributed by atoms with Crippen LogP contribution in [0.4, 0.5) is 0 Å². The summed E-state index contributed by atoms with van der Waals surface area (Å²) in [5.74, 6) is 0.999. The van der Waals surface area contributed by atoms with Crippen molar-refractivity contribution in [1.82, 2.24) is 5.32 Å². The topological polar surface area (TPSA) is 55.1 Å². The van der Waals surface area contributed by atoms with Crippen molar-refractivity contribution in [3.05, 3.63) is 0 Å². The number of carbonyl (C=O) groups is 1. The van der Waals surface area contributed by atoms with Crippen molar-refractivity contribution in [2.75, 3.05) is 6.54 Å². The maximum absolute atomic E-state index is 12.2. The second kappa shape index (κ2) is 4.52. The van der Waals surface area contributed by atoms with Crippen LogP contribution in [0.25, 0.3) is 0 Å². The zero-order valence-corrected chi connectivity index (χ0v) is 12.3. The largest absolute Gasteiger partial charge is 0.352 e. The first-order valence-corrected chi connectivity index (χ1v) is 7.31. The fourth-order valence-electron chi connectivity index (χ4n) is 4.33. The van der Waals surface area contributed by atoms with E-state index >= 15 is 0 Å². The summed E-state index contributed by atoms with van der Waals surface area (Å²) in [5.41, 5.74) is 6.09. The third kappa shape index (κ3) is 2.07. The lowest BCUT2D eigenvalue weighted by molar-refractivity contribution is -0.127. The van der Waals surface area contributed by atoms with Gasteiger partial charge in [0.15, 0.2) is 0 Å². The van der Waals surface area contributed by atoms with Crippen LogP contribution in [-0.4, -0.2) is 18.5 Å². The van der Waals surface area contributed by atoms with Crippen LogP contribution >= 0.6 is 0 Å². The van der Waals surface area contributed by atoms with Gasteiger partial charge in [0.1, 0.15) is 0 Å². The molecule has 2 rings (SSSR count). The van der Waals surface area contributed by atoms with Gasteiger partial charge in [0.25, 0.3) is 0 Å². The third-order valence-corrected chi connectivity index (χ3v) is 5.60. The van der Waals surface area contributed by atoms with Crippen LogP contribution in [0, 0.1) is 22.7 Å². The number of hydrogen-bond acceptors (Lipinski definition) is 2. The molecule has 0 saturated heterocycles. The Hall–Kier alpha value is -0.570. The molecule has 3 N–H and O–H groups in total. The molecule has 18 heavy (non-hydrogen) atoms. The Labute approximate surface area is 111 Å². The molecular weight excluding hydrogens is 224 g/mol. The van der Waals surface area contributed by atoms with Gasteiger partial charge in [-0.25, -0.2) is 0 Å². The molecule has 0 aromatic rings. The lowest BCUT2D eigenvalue weighted by Crippen LogP contribution is -2.53. The summed E-state index contributed by atoms with van der Waals surface area (Å²) >= 11 is 0. The predicted molar refractivity (Wildman–Crippen MR) is 74.0 cm³/mol. The second-order valence-electron chi connectivity index (χ2n) is 7.34. The average Bonchev–Trinajstić information content (AvgIpc) is 2.75. The first kappa shape index (κ1) is 13.9. The van der Waals surface area contributed by atoms with Crippen molar-refractivity contribution >= 4 is 5.91 Å². The minimum atomic E-state index is 0.0357. The van der Waals surface area contributed by atoms with Crippen molar-refractivity contribution in [3.8, 4) is 0 Å². The number of fused-ring (bicyclic) bond motifs is 2. The Balaban J connectivity index is 2.07. The average molecular weight is 252 g/mol. The van der Waals surface area contributed by atoms with Crippen LogP contribution in [0.5, 0.6) is 0 Å². The standard InChI is InChI=1S/C15H28N2O/c1-10(6-8-16)12(18)17-13-14(2,3)11-5-7-15(13,4)9-11/h10-11,13H,5-9,16H2,1-4H3,(H,17,18). The first-order valence-electron chi connectivity index (χ1n) is 7.31. The molecule has 3 nitrogen and oxygen atoms in total. The SMILES string of the molecule is CC(CCN)C(=O)NC1C2(C)CCC(C2)C1(C)C. The van der Waals surface area contributed by atoms with E-state index in [1.807, 2.05) is 6.92 Å². The molecule has 1 amide bonds. The number of carbonyl (C=O) groups excluding carboxylic acids is 1. The van der Waals surface area contributed by atoms with E-state index < -0.39 is 0 Å². The molecule has 2 aliphatic rings. The monoisotopic (exact) mass is 252 g/mol. The van der Waals surface area contributed by atoms with Gasteiger partial charge in [-0.1, -0.05) is 27.7 Å². The fourth-order valence-corrected chi connectivity index (χ4v) is 4.33. The van der Waals surface area contributed by atoms with E-state index in [1.54, 1.807) is 0 Å². The van der Waals surface area contributed by atoms with Crippen LogP contribution in [0.15, 0.2) is 0 Å². The maximum Gasteiger partial charge on any atom is 0.223 e. The Morgan fingerprint density at radius 3 is 2.61 bits per heavy atom. The number of amides is 1. The van der Waals surface area contributed by atoms with Crippen molar-refractivity contribution in [2.45, 2.75) is 59.4 Å². The van der Waals surface area contributed by atoms with Crippen LogP contribution in [-0.2, 0) is 4.79 Å². The first-order chi connectivity index (χ1) is 8.31. The molecule has 3 heteroatoms. The highest BCUT2D eigenvalue weighted by Gasteiger charge is 2.59. The second-order valence-corrected chi connectivity index (χ2v) is 7.34. The highest BCUT2D eigenvalue weighted by atomic mass is 16.1. The summed E-state index contributed by atoms with van der Waals surface area (Å²) in [6.45, 7) is 9.55. The molecule has 4 unspecified atom stereocenters. The lowest BCUT2D eigenvalue weighted by Gasteiger charge is -2.43. The highest BCUT2D eigenvalue weighted by Crippen LogP contribution is 2.62. The molecule has 2 saturated carbocycles. The summed E-state index contributed by atoms with van der Waals surface area (Å²) in [6.07, 6.45) is 4.64. The van der Waals surface area contributed by atoms with Gasteiger partial charge in [-0.2, -0.15) is 0 Å². The minimum absolute atomic E-state index is 0.0357. The molecule has 4 atom stereocenters. The fraction of sp³-hybridized carbons (Fsp3) is 0.933. The smallest absolute Gasteiger partial charge is 0.223 e. The van der Waals surface area contributed by atoms with Gasteiger partial charge in [0.05, 0.1) is 0 Å². The Kier molecular flexibility index (Phi) is 3.48. The normalized spacial score (nSPS) is 38.7. The maximum atomic E-state index is 12.2. The van der Waals surface area contributed by atoms with E-state index in [2.05, 4.69) is 26.1 Å². The molecule has 104 valence electrons. The van der Waals surface area contributed by atoms with Crippen LogP contribution in [0.1, 0.15) is 53.4 Å². The molecule has 0 heterocycles. The van der Waals surface area contributed by atoms with Gasteiger partial charge in [0.2, 0.25) is 5.91 Å². The molecule has 0 radical (unpaired) electrons. The van der Waals surface area contributed by atoms with Gasteiger partial charge >= 0.3 is 0 Å². The van der Waals surface area contributed by atoms with E-state index in [0.29, 0.717) is 18.0 Å². The Morgan fingerprint density at radius 2 is 2.11 bits per heavy atom. The number of nitrogens with one attached hydrogen (secondary N) is 1. The quantitative estimate of drug-likeness (QED) is 0.806. The highest BCUT2D eigenvalue weighted by molar-refractivity contribution is 5.78. The predicted octanol–water partition coefficient (Wildman–Crippen LogP) is 2.30. The summed E-state index contributed by atoms with van der Waals surface area (Å²) in [6, 6.07) is 0.330. The van der Waals surface area contributed by atoms with E-state index in [-0.39, 0.29) is 17.2 Å². The molecule has 2 aliphatic carbocycles. The molecule has 0 spiro atoms. The van der Waals surface area contributed by atoms with Gasteiger partial charge < -0.3 is 11.1 Å². The summed E-state index contributed by atoms with van der Waals surface area (Å²) in [7, 11) is 0. The summed E-state index contributed by atoms with van der Waals surface area (Å²) < 4.78 is 0. The van der Waals surface area contributed by atoms with Crippen LogP contribution in [0.2, 0.25) is 0 Å². The van der Waals surface area contributed by atoms with Crippen molar-refractivity contribution in [2.24, 2.45) is 28.4 Å². The van der Waals surface area contributed by atoms with Crippen molar-refractivity contribution in [3.63, 3.8) is 0 Å². The number of hydrogen-bond donors (Lipinski definition) is 2. The van der Waals surface area contributed by atoms with E-state index in [1.165, 1.54) is 19.3 Å². The van der Waals surface area contributed by atoms with Gasteiger partial charge in [-0.3, -0.25) is 4.79 Å². The van der Waals surface area contributed by atoms with E-state index in [0.717, 1.165) is 12.3 Å². The summed E-state index contributed by atoms with van der Waals surface area (Å²) in [4.78, 5) is 12.2. The summed E-state index contributed by atoms with van der Waals surface area (Å²) in [5, 5.41) is 3.33. The zero-order valence-electron chi connectivity index (χ0n) is 12.3. The molecule has 2 fully saturated rings. The van der Waals surface area contributed by atoms with Crippen molar-refractivity contribution in [1.29, 1.82) is 0 Å². The van der Waals surface area contributed by atoms with E-state index in [9.17, 15) is 4.79 Å². The van der Waals surface area contributed by atoms with Gasteiger partial charge in [0, 0.05) is 12.0 Å². The van der Waals surface area contributed by atoms with E-state index in [4.69, 9.17) is 5.73 Å². The van der Waals surface area contributed by atoms with Gasteiger partial charge in [-0.05, 0) is 49.0 Å². The molecule has 0 aromatic carbocycles. The minimum Gasteiger partial charge on any atom is -0.352 e. The number of rotatable bonds is 4. The third-order valence-electron chi connectivity index (χ3n) is 5.60. The van der Waals surface area contributed by atoms with Crippen molar-refractivity contribution < 1.29 is 4.79 Å². The molecule has 2 bridgehead atoms. The van der Waals surface area contributed by atoms with Crippen LogP contribution in [0.3, 0.4) is 0 Å².